The minimum atomic E-state index is -0.308. The van der Waals surface area contributed by atoms with Crippen molar-refractivity contribution in [1.29, 1.82) is 0 Å². The number of nitrogens with zero attached hydrogens (tertiary/aromatic N) is 2. The van der Waals surface area contributed by atoms with Crippen LogP contribution in [0.1, 0.15) is 25.6 Å². The summed E-state index contributed by atoms with van der Waals surface area (Å²) in [6, 6.07) is 6.08. The maximum atomic E-state index is 13.1. The van der Waals surface area contributed by atoms with Gasteiger partial charge in [0.1, 0.15) is 16.5 Å². The summed E-state index contributed by atoms with van der Waals surface area (Å²) < 4.78 is 13.1. The monoisotopic (exact) mass is 390 g/mol. The van der Waals surface area contributed by atoms with E-state index in [-0.39, 0.29) is 11.4 Å². The van der Waals surface area contributed by atoms with Crippen molar-refractivity contribution in [2.45, 2.75) is 25.5 Å². The van der Waals surface area contributed by atoms with Crippen LogP contribution in [0.15, 0.2) is 39.4 Å². The number of thioether (sulfide) groups is 1. The van der Waals surface area contributed by atoms with E-state index in [1.807, 2.05) is 5.38 Å². The molecule has 1 aromatic carbocycles. The first-order valence-corrected chi connectivity index (χ1v) is 10.1. The number of fused-ring (bicyclic) bond motifs is 1. The largest absolute Gasteiger partial charge is 0.379 e. The van der Waals surface area contributed by atoms with Crippen LogP contribution in [0.25, 0.3) is 21.3 Å². The van der Waals surface area contributed by atoms with Crippen molar-refractivity contribution < 1.29 is 4.39 Å². The number of halogens is 1. The van der Waals surface area contributed by atoms with E-state index in [4.69, 9.17) is 5.73 Å². The molecule has 136 valence electrons. The van der Waals surface area contributed by atoms with Gasteiger partial charge in [-0.15, -0.1) is 11.3 Å². The van der Waals surface area contributed by atoms with E-state index in [9.17, 15) is 9.18 Å². The zero-order valence-electron chi connectivity index (χ0n) is 14.3. The normalized spacial score (nSPS) is 12.0. The average Bonchev–Trinajstić information content (AvgIpc) is 3.05. The van der Waals surface area contributed by atoms with Gasteiger partial charge in [-0.1, -0.05) is 37.2 Å². The fourth-order valence-corrected chi connectivity index (χ4v) is 4.01. The number of rotatable bonds is 6. The average molecular weight is 391 g/mol. The summed E-state index contributed by atoms with van der Waals surface area (Å²) in [5, 5.41) is 2.90. The van der Waals surface area contributed by atoms with E-state index in [1.54, 1.807) is 12.1 Å². The lowest BCUT2D eigenvalue weighted by molar-refractivity contribution is 0.628. The molecule has 5 nitrogen and oxygen atoms in total. The molecule has 0 atom stereocenters. The molecule has 0 unspecified atom stereocenters. The summed E-state index contributed by atoms with van der Waals surface area (Å²) in [5.41, 5.74) is 7.22. The third-order valence-electron chi connectivity index (χ3n) is 3.78. The first-order chi connectivity index (χ1) is 12.6. The van der Waals surface area contributed by atoms with E-state index in [0.717, 1.165) is 24.0 Å². The van der Waals surface area contributed by atoms with E-state index >= 15 is 0 Å². The summed E-state index contributed by atoms with van der Waals surface area (Å²) in [6.45, 7) is 2.81. The van der Waals surface area contributed by atoms with Gasteiger partial charge in [-0.2, -0.15) is 0 Å². The van der Waals surface area contributed by atoms with Crippen molar-refractivity contribution in [2.75, 3.05) is 6.54 Å². The van der Waals surface area contributed by atoms with Crippen LogP contribution in [-0.2, 0) is 5.75 Å². The molecule has 3 rings (SSSR count). The Hall–Kier alpha value is -2.19. The Morgan fingerprint density at radius 2 is 2.15 bits per heavy atom. The summed E-state index contributed by atoms with van der Waals surface area (Å²) in [7, 11) is 0. The summed E-state index contributed by atoms with van der Waals surface area (Å²) >= 11 is 2.76. The minimum absolute atomic E-state index is 0.201. The number of aromatic amines is 1. The quantitative estimate of drug-likeness (QED) is 0.376. The Kier molecular flexibility index (Phi) is 6.05. The Morgan fingerprint density at radius 1 is 1.38 bits per heavy atom. The number of nitrogens with one attached hydrogen (secondary N) is 1. The van der Waals surface area contributed by atoms with Gasteiger partial charge < -0.3 is 10.7 Å². The van der Waals surface area contributed by atoms with E-state index in [2.05, 4.69) is 21.9 Å². The summed E-state index contributed by atoms with van der Waals surface area (Å²) in [4.78, 5) is 24.8. The predicted octanol–water partition coefficient (Wildman–Crippen LogP) is 4.14. The SMILES string of the molecule is CCCCN=C(N)SCc1nc2scc(-c3ccc(F)cc3)c2c(=O)[nH]1. The fourth-order valence-electron chi connectivity index (χ4n) is 2.44. The van der Waals surface area contributed by atoms with Crippen LogP contribution in [0, 0.1) is 5.82 Å². The molecule has 8 heteroatoms. The molecule has 0 aliphatic carbocycles. The second-order valence-corrected chi connectivity index (χ2v) is 7.56. The van der Waals surface area contributed by atoms with E-state index in [0.29, 0.717) is 33.5 Å². The molecule has 2 heterocycles. The van der Waals surface area contributed by atoms with Crippen LogP contribution < -0.4 is 11.3 Å². The molecular weight excluding hydrogens is 371 g/mol. The minimum Gasteiger partial charge on any atom is -0.379 e. The third kappa shape index (κ3) is 4.31. The molecule has 26 heavy (non-hydrogen) atoms. The molecule has 0 radical (unpaired) electrons. The molecular formula is C18H19FN4OS2. The van der Waals surface area contributed by atoms with Gasteiger partial charge in [0.2, 0.25) is 0 Å². The fraction of sp³-hybridized carbons (Fsp3) is 0.278. The van der Waals surface area contributed by atoms with Gasteiger partial charge in [-0.05, 0) is 24.1 Å². The lowest BCUT2D eigenvalue weighted by Crippen LogP contribution is -2.13. The Morgan fingerprint density at radius 3 is 2.88 bits per heavy atom. The van der Waals surface area contributed by atoms with Crippen molar-refractivity contribution in [2.24, 2.45) is 10.7 Å². The second kappa shape index (κ2) is 8.46. The molecule has 0 saturated carbocycles. The standard InChI is InChI=1S/C18H19FN4OS2/c1-2-3-8-21-18(20)26-10-14-22-16(24)15-13(9-25-17(15)23-14)11-4-6-12(19)7-5-11/h4-7,9H,2-3,8,10H2,1H3,(H2,20,21)(H,22,23,24). The molecule has 0 aliphatic rings. The predicted molar refractivity (Wildman–Crippen MR) is 108 cm³/mol. The van der Waals surface area contributed by atoms with Gasteiger partial charge in [0.05, 0.1) is 11.1 Å². The van der Waals surface area contributed by atoms with Crippen molar-refractivity contribution in [3.8, 4) is 11.1 Å². The van der Waals surface area contributed by atoms with Gasteiger partial charge in [0.25, 0.3) is 5.56 Å². The number of amidine groups is 1. The van der Waals surface area contributed by atoms with Crippen LogP contribution in [0.5, 0.6) is 0 Å². The Bertz CT molecular complexity index is 979. The molecule has 0 amide bonds. The molecule has 0 fully saturated rings. The first-order valence-electron chi connectivity index (χ1n) is 8.27. The topological polar surface area (TPSA) is 84.1 Å². The number of hydrogen-bond acceptors (Lipinski definition) is 5. The number of aliphatic imine (C=N–C) groups is 1. The lowest BCUT2D eigenvalue weighted by atomic mass is 10.1. The van der Waals surface area contributed by atoms with Crippen molar-refractivity contribution >= 4 is 38.5 Å². The molecule has 3 aromatic rings. The number of unbranched alkanes of at least 4 members (excludes halogenated alkanes) is 1. The zero-order chi connectivity index (χ0) is 18.5. The highest BCUT2D eigenvalue weighted by molar-refractivity contribution is 8.13. The van der Waals surface area contributed by atoms with Crippen LogP contribution in [0.4, 0.5) is 4.39 Å². The van der Waals surface area contributed by atoms with E-state index in [1.165, 1.54) is 35.2 Å². The molecule has 0 spiro atoms. The third-order valence-corrected chi connectivity index (χ3v) is 5.50. The molecule has 0 bridgehead atoms. The summed E-state index contributed by atoms with van der Waals surface area (Å²) in [6.07, 6.45) is 2.07. The number of hydrogen-bond donors (Lipinski definition) is 2. The number of H-pyrrole nitrogens is 1. The van der Waals surface area contributed by atoms with Crippen LogP contribution in [0.3, 0.4) is 0 Å². The highest BCUT2D eigenvalue weighted by Crippen LogP contribution is 2.31. The maximum absolute atomic E-state index is 13.1. The van der Waals surface area contributed by atoms with Crippen molar-refractivity contribution in [3.05, 3.63) is 51.6 Å². The molecule has 2 aromatic heterocycles. The number of thiophene rings is 1. The Labute approximate surface area is 158 Å². The van der Waals surface area contributed by atoms with Gasteiger partial charge in [-0.25, -0.2) is 9.37 Å². The van der Waals surface area contributed by atoms with Crippen molar-refractivity contribution in [1.82, 2.24) is 9.97 Å². The molecule has 0 aliphatic heterocycles. The van der Waals surface area contributed by atoms with Gasteiger partial charge in [-0.3, -0.25) is 9.79 Å². The smallest absolute Gasteiger partial charge is 0.260 e. The number of nitrogens with two attached hydrogens (primary N) is 1. The van der Waals surface area contributed by atoms with Crippen molar-refractivity contribution in [3.63, 3.8) is 0 Å². The second-order valence-electron chi connectivity index (χ2n) is 5.71. The van der Waals surface area contributed by atoms with Crippen LogP contribution >= 0.6 is 23.1 Å². The van der Waals surface area contributed by atoms with E-state index < -0.39 is 0 Å². The van der Waals surface area contributed by atoms with Crippen LogP contribution in [-0.4, -0.2) is 21.7 Å². The molecule has 0 saturated heterocycles. The van der Waals surface area contributed by atoms with Gasteiger partial charge in [0.15, 0.2) is 5.17 Å². The highest BCUT2D eigenvalue weighted by atomic mass is 32.2. The lowest BCUT2D eigenvalue weighted by Gasteiger charge is -2.03. The number of benzene rings is 1. The maximum Gasteiger partial charge on any atom is 0.260 e. The van der Waals surface area contributed by atoms with Gasteiger partial charge >= 0.3 is 0 Å². The summed E-state index contributed by atoms with van der Waals surface area (Å²) in [5.74, 6) is 0.711. The Balaban J connectivity index is 1.82. The first kappa shape index (κ1) is 18.6. The number of aromatic nitrogens is 2. The highest BCUT2D eigenvalue weighted by Gasteiger charge is 2.13. The van der Waals surface area contributed by atoms with Crippen LogP contribution in [0.2, 0.25) is 0 Å². The van der Waals surface area contributed by atoms with Gasteiger partial charge in [0, 0.05) is 17.5 Å². The zero-order valence-corrected chi connectivity index (χ0v) is 15.9. The molecule has 3 N–H and O–H groups in total.